The Hall–Kier alpha value is -1.32. The summed E-state index contributed by atoms with van der Waals surface area (Å²) in [5.41, 5.74) is 0. The fraction of sp³-hybridized carbons (Fsp3) is 0.556. The molecule has 4 nitrogen and oxygen atoms in total. The van der Waals surface area contributed by atoms with E-state index in [2.05, 4.69) is 9.98 Å². The average molecular weight is 182 g/mol. The Morgan fingerprint density at radius 3 is 2.69 bits per heavy atom. The molecule has 0 aromatic heterocycles. The van der Waals surface area contributed by atoms with Crippen LogP contribution in [0, 0.1) is 5.92 Å². The first kappa shape index (κ1) is 11.7. The van der Waals surface area contributed by atoms with Crippen molar-refractivity contribution >= 4 is 24.7 Å². The zero-order chi connectivity index (χ0) is 10.1. The van der Waals surface area contributed by atoms with Crippen LogP contribution in [-0.4, -0.2) is 24.7 Å². The molecule has 0 saturated heterocycles. The molecule has 2 amide bonds. The maximum Gasteiger partial charge on any atom is 0.248 e. The fourth-order valence-corrected chi connectivity index (χ4v) is 0.671. The van der Waals surface area contributed by atoms with Gasteiger partial charge in [0.1, 0.15) is 0 Å². The van der Waals surface area contributed by atoms with Crippen LogP contribution in [0.2, 0.25) is 0 Å². The van der Waals surface area contributed by atoms with Crippen molar-refractivity contribution in [3.8, 4) is 0 Å². The van der Waals surface area contributed by atoms with Gasteiger partial charge in [0.2, 0.25) is 12.3 Å². The minimum absolute atomic E-state index is 0.167. The van der Waals surface area contributed by atoms with Gasteiger partial charge in [-0.2, -0.15) is 0 Å². The first-order valence-electron chi connectivity index (χ1n) is 4.24. The molecule has 4 heteroatoms. The first-order valence-corrected chi connectivity index (χ1v) is 4.24. The second-order valence-electron chi connectivity index (χ2n) is 2.63. The summed E-state index contributed by atoms with van der Waals surface area (Å²) in [6.07, 6.45) is 4.67. The summed E-state index contributed by atoms with van der Waals surface area (Å²) in [5.74, 6) is -0.370. The molecule has 1 atom stereocenters. The fourth-order valence-electron chi connectivity index (χ4n) is 0.671. The molecule has 0 aromatic rings. The van der Waals surface area contributed by atoms with Crippen molar-refractivity contribution < 1.29 is 9.59 Å². The molecule has 0 radical (unpaired) electrons. The predicted molar refractivity (Wildman–Crippen MR) is 52.1 cm³/mol. The van der Waals surface area contributed by atoms with Crippen LogP contribution >= 0.6 is 0 Å². The van der Waals surface area contributed by atoms with Gasteiger partial charge in [0.25, 0.3) is 0 Å². The van der Waals surface area contributed by atoms with Crippen molar-refractivity contribution in [3.05, 3.63) is 0 Å². The average Bonchev–Trinajstić information content (AvgIpc) is 2.14. The van der Waals surface area contributed by atoms with Crippen molar-refractivity contribution in [3.63, 3.8) is 0 Å². The number of carbonyl (C=O) groups is 2. The number of carbonyl (C=O) groups excluding carboxylic acids is 2. The number of hydrogen-bond donors (Lipinski definition) is 0. The Bertz CT molecular complexity index is 222. The lowest BCUT2D eigenvalue weighted by Gasteiger charge is -2.00. The van der Waals surface area contributed by atoms with Crippen LogP contribution in [0.5, 0.6) is 0 Å². The van der Waals surface area contributed by atoms with Gasteiger partial charge in [0.05, 0.1) is 0 Å². The molecule has 0 heterocycles. The van der Waals surface area contributed by atoms with Crippen LogP contribution in [0.25, 0.3) is 0 Å². The molecule has 0 bridgehead atoms. The van der Waals surface area contributed by atoms with Gasteiger partial charge in [-0.25, -0.2) is 9.98 Å². The molecule has 1 unspecified atom stereocenters. The number of hydrogen-bond acceptors (Lipinski definition) is 2. The van der Waals surface area contributed by atoms with Crippen molar-refractivity contribution in [1.82, 2.24) is 0 Å². The third-order valence-corrected chi connectivity index (χ3v) is 1.45. The molecule has 13 heavy (non-hydrogen) atoms. The van der Waals surface area contributed by atoms with Crippen molar-refractivity contribution in [1.29, 1.82) is 0 Å². The smallest absolute Gasteiger partial charge is 0.248 e. The van der Waals surface area contributed by atoms with E-state index in [1.54, 1.807) is 13.1 Å². The molecule has 0 saturated carbocycles. The van der Waals surface area contributed by atoms with Crippen LogP contribution in [0.3, 0.4) is 0 Å². The number of amides is 2. The van der Waals surface area contributed by atoms with E-state index in [1.807, 2.05) is 6.92 Å². The highest BCUT2D eigenvalue weighted by Crippen LogP contribution is 2.01. The minimum atomic E-state index is -0.202. The van der Waals surface area contributed by atoms with Gasteiger partial charge in [0.15, 0.2) is 0 Å². The highest BCUT2D eigenvalue weighted by atomic mass is 16.1. The van der Waals surface area contributed by atoms with Gasteiger partial charge in [-0.05, 0) is 12.8 Å². The van der Waals surface area contributed by atoms with E-state index in [1.165, 1.54) is 6.21 Å². The maximum absolute atomic E-state index is 11.1. The van der Waals surface area contributed by atoms with Crippen molar-refractivity contribution in [2.24, 2.45) is 15.9 Å². The lowest BCUT2D eigenvalue weighted by atomic mass is 10.1. The molecular formula is C9H14N2O2. The Balaban J connectivity index is 3.88. The van der Waals surface area contributed by atoms with Gasteiger partial charge >= 0.3 is 0 Å². The van der Waals surface area contributed by atoms with Gasteiger partial charge < -0.3 is 0 Å². The van der Waals surface area contributed by atoms with E-state index in [9.17, 15) is 9.59 Å². The third kappa shape index (κ3) is 5.90. The van der Waals surface area contributed by atoms with Crippen molar-refractivity contribution in [2.75, 3.05) is 0 Å². The van der Waals surface area contributed by atoms with Crippen LogP contribution in [0.15, 0.2) is 9.98 Å². The summed E-state index contributed by atoms with van der Waals surface area (Å²) < 4.78 is 0. The summed E-state index contributed by atoms with van der Waals surface area (Å²) in [6, 6.07) is 0. The zero-order valence-electron chi connectivity index (χ0n) is 7.93. The first-order chi connectivity index (χ1) is 6.22. The van der Waals surface area contributed by atoms with Crippen LogP contribution in [-0.2, 0) is 9.59 Å². The molecule has 0 aliphatic carbocycles. The molecule has 0 spiro atoms. The van der Waals surface area contributed by atoms with Gasteiger partial charge in [-0.15, -0.1) is 0 Å². The molecule has 72 valence electrons. The third-order valence-electron chi connectivity index (χ3n) is 1.45. The molecule has 0 aliphatic rings. The summed E-state index contributed by atoms with van der Waals surface area (Å²) in [6.45, 7) is 3.67. The van der Waals surface area contributed by atoms with Crippen LogP contribution in [0.4, 0.5) is 0 Å². The Kier molecular flexibility index (Phi) is 6.59. The second kappa shape index (κ2) is 7.34. The second-order valence-corrected chi connectivity index (χ2v) is 2.63. The molecule has 0 aliphatic heterocycles. The van der Waals surface area contributed by atoms with Gasteiger partial charge in [0, 0.05) is 18.3 Å². The lowest BCUT2D eigenvalue weighted by molar-refractivity contribution is -0.120. The highest BCUT2D eigenvalue weighted by Gasteiger charge is 2.08. The molecule has 0 rings (SSSR count). The highest BCUT2D eigenvalue weighted by molar-refractivity contribution is 5.88. The largest absolute Gasteiger partial charge is 0.276 e. The molecule has 0 fully saturated rings. The van der Waals surface area contributed by atoms with Crippen LogP contribution in [0.1, 0.15) is 26.7 Å². The SMILES string of the molecule is CCC=NC(=O)C(C)CC=NC=O. The van der Waals surface area contributed by atoms with Crippen LogP contribution < -0.4 is 0 Å². The van der Waals surface area contributed by atoms with Gasteiger partial charge in [-0.3, -0.25) is 9.59 Å². The number of rotatable bonds is 5. The summed E-state index contributed by atoms with van der Waals surface area (Å²) in [5, 5.41) is 0. The maximum atomic E-state index is 11.1. The normalized spacial score (nSPS) is 13.7. The standard InChI is InChI=1S/C9H14N2O2/c1-3-5-11-9(13)8(2)4-6-10-7-12/h5-8H,3-4H2,1-2H3. The molecule has 0 aromatic carbocycles. The molecular weight excluding hydrogens is 168 g/mol. The number of aliphatic imine (C=N–C) groups is 2. The Labute approximate surface area is 77.8 Å². The monoisotopic (exact) mass is 182 g/mol. The predicted octanol–water partition coefficient (Wildman–Crippen LogP) is 1.25. The minimum Gasteiger partial charge on any atom is -0.276 e. The molecule has 0 N–H and O–H groups in total. The van der Waals surface area contributed by atoms with E-state index < -0.39 is 0 Å². The zero-order valence-corrected chi connectivity index (χ0v) is 7.93. The van der Waals surface area contributed by atoms with E-state index >= 15 is 0 Å². The quantitative estimate of drug-likeness (QED) is 0.474. The van der Waals surface area contributed by atoms with Gasteiger partial charge in [-0.1, -0.05) is 13.8 Å². The lowest BCUT2D eigenvalue weighted by Crippen LogP contribution is -2.08. The van der Waals surface area contributed by atoms with E-state index in [-0.39, 0.29) is 11.8 Å². The summed E-state index contributed by atoms with van der Waals surface area (Å²) in [7, 11) is 0. The summed E-state index contributed by atoms with van der Waals surface area (Å²) in [4.78, 5) is 28.0. The van der Waals surface area contributed by atoms with E-state index in [0.29, 0.717) is 12.8 Å². The summed E-state index contributed by atoms with van der Waals surface area (Å²) >= 11 is 0. The Morgan fingerprint density at radius 1 is 1.46 bits per heavy atom. The van der Waals surface area contributed by atoms with Crippen molar-refractivity contribution in [2.45, 2.75) is 26.7 Å². The Morgan fingerprint density at radius 2 is 2.15 bits per heavy atom. The van der Waals surface area contributed by atoms with E-state index in [0.717, 1.165) is 6.42 Å². The number of nitrogens with zero attached hydrogens (tertiary/aromatic N) is 2. The topological polar surface area (TPSA) is 58.9 Å². The van der Waals surface area contributed by atoms with E-state index in [4.69, 9.17) is 0 Å².